The Balaban J connectivity index is 1.56. The lowest BCUT2D eigenvalue weighted by molar-refractivity contribution is -0.132. The van der Waals surface area contributed by atoms with Crippen molar-refractivity contribution in [2.45, 2.75) is 26.3 Å². The first-order valence-electron chi connectivity index (χ1n) is 7.74. The molecule has 3 rings (SSSR count). The van der Waals surface area contributed by atoms with Gasteiger partial charge in [0.25, 0.3) is 0 Å². The summed E-state index contributed by atoms with van der Waals surface area (Å²) in [6.07, 6.45) is 0.997. The molecule has 0 aliphatic carbocycles. The van der Waals surface area contributed by atoms with E-state index in [0.29, 0.717) is 12.6 Å². The number of hydrogen-bond donors (Lipinski definition) is 0. The third-order valence-corrected chi connectivity index (χ3v) is 4.37. The molecule has 6 heteroatoms. The first-order chi connectivity index (χ1) is 10.1. The summed E-state index contributed by atoms with van der Waals surface area (Å²) in [5, 5.41) is 4.55. The van der Waals surface area contributed by atoms with Crippen LogP contribution in [0.2, 0.25) is 0 Å². The molecule has 3 heterocycles. The third-order valence-electron chi connectivity index (χ3n) is 4.37. The fourth-order valence-electron chi connectivity index (χ4n) is 3.23. The van der Waals surface area contributed by atoms with Crippen LogP contribution in [0.3, 0.4) is 0 Å². The van der Waals surface area contributed by atoms with Gasteiger partial charge in [0.1, 0.15) is 0 Å². The lowest BCUT2D eigenvalue weighted by atomic mass is 10.2. The number of rotatable bonds is 3. The van der Waals surface area contributed by atoms with Gasteiger partial charge in [0, 0.05) is 31.9 Å². The van der Waals surface area contributed by atoms with Gasteiger partial charge < -0.3 is 9.64 Å². The molecule has 0 radical (unpaired) electrons. The van der Waals surface area contributed by atoms with Crippen molar-refractivity contribution in [3.63, 3.8) is 0 Å². The Morgan fingerprint density at radius 3 is 2.76 bits per heavy atom. The topological polar surface area (TPSA) is 50.6 Å². The summed E-state index contributed by atoms with van der Waals surface area (Å²) in [6, 6.07) is 2.42. The minimum absolute atomic E-state index is 0.237. The van der Waals surface area contributed by atoms with Crippen molar-refractivity contribution in [1.82, 2.24) is 19.6 Å². The molecule has 1 aromatic heterocycles. The van der Waals surface area contributed by atoms with Gasteiger partial charge in [-0.2, -0.15) is 5.10 Å². The zero-order valence-electron chi connectivity index (χ0n) is 12.9. The van der Waals surface area contributed by atoms with Crippen molar-refractivity contribution >= 4 is 5.91 Å². The summed E-state index contributed by atoms with van der Waals surface area (Å²) < 4.78 is 7.40. The molecular weight excluding hydrogens is 268 g/mol. The highest BCUT2D eigenvalue weighted by Crippen LogP contribution is 2.23. The molecule has 2 fully saturated rings. The van der Waals surface area contributed by atoms with Gasteiger partial charge in [-0.3, -0.25) is 14.4 Å². The number of morpholine rings is 1. The van der Waals surface area contributed by atoms with Crippen LogP contribution < -0.4 is 0 Å². The number of aryl methyl sites for hydroxylation is 2. The standard InChI is InChI=1S/C15H24N4O2/c1-12-9-13(2)19(16-12)14-3-4-18(10-14)15(20)11-17-5-7-21-8-6-17/h9,14H,3-8,10-11H2,1-2H3/t14-/m0/s1. The smallest absolute Gasteiger partial charge is 0.236 e. The highest BCUT2D eigenvalue weighted by Gasteiger charge is 2.29. The largest absolute Gasteiger partial charge is 0.379 e. The van der Waals surface area contributed by atoms with Gasteiger partial charge in [-0.15, -0.1) is 0 Å². The van der Waals surface area contributed by atoms with Crippen LogP contribution in [0, 0.1) is 13.8 Å². The maximum absolute atomic E-state index is 12.4. The van der Waals surface area contributed by atoms with Crippen molar-refractivity contribution in [3.05, 3.63) is 17.5 Å². The molecule has 0 saturated carbocycles. The maximum atomic E-state index is 12.4. The minimum atomic E-state index is 0.237. The predicted molar refractivity (Wildman–Crippen MR) is 79.2 cm³/mol. The summed E-state index contributed by atoms with van der Waals surface area (Å²) in [6.45, 7) is 9.44. The number of likely N-dealkylation sites (tertiary alicyclic amines) is 1. The number of carbonyl (C=O) groups excluding carboxylic acids is 1. The number of carbonyl (C=O) groups is 1. The van der Waals surface area contributed by atoms with E-state index in [1.54, 1.807) is 0 Å². The van der Waals surface area contributed by atoms with Crippen molar-refractivity contribution in [3.8, 4) is 0 Å². The van der Waals surface area contributed by atoms with E-state index in [4.69, 9.17) is 4.74 Å². The Kier molecular flexibility index (Phi) is 4.26. The van der Waals surface area contributed by atoms with Crippen LogP contribution in [-0.4, -0.2) is 71.4 Å². The van der Waals surface area contributed by atoms with E-state index in [-0.39, 0.29) is 5.91 Å². The van der Waals surface area contributed by atoms with Crippen molar-refractivity contribution in [2.75, 3.05) is 45.9 Å². The molecule has 0 aromatic carbocycles. The molecule has 0 unspecified atom stereocenters. The number of amides is 1. The molecule has 2 aliphatic rings. The fraction of sp³-hybridized carbons (Fsp3) is 0.733. The van der Waals surface area contributed by atoms with Crippen LogP contribution in [0.25, 0.3) is 0 Å². The number of aromatic nitrogens is 2. The third kappa shape index (κ3) is 3.27. The lowest BCUT2D eigenvalue weighted by Gasteiger charge is -2.28. The summed E-state index contributed by atoms with van der Waals surface area (Å²) in [4.78, 5) is 16.6. The monoisotopic (exact) mass is 292 g/mol. The van der Waals surface area contributed by atoms with E-state index in [0.717, 1.165) is 51.5 Å². The molecule has 1 atom stereocenters. The van der Waals surface area contributed by atoms with Crippen LogP contribution in [0.4, 0.5) is 0 Å². The van der Waals surface area contributed by atoms with E-state index in [1.807, 2.05) is 11.8 Å². The second-order valence-electron chi connectivity index (χ2n) is 6.04. The van der Waals surface area contributed by atoms with Crippen LogP contribution in [0.1, 0.15) is 23.9 Å². The minimum Gasteiger partial charge on any atom is -0.379 e. The fourth-order valence-corrected chi connectivity index (χ4v) is 3.23. The first-order valence-corrected chi connectivity index (χ1v) is 7.74. The highest BCUT2D eigenvalue weighted by molar-refractivity contribution is 5.78. The summed E-state index contributed by atoms with van der Waals surface area (Å²) in [7, 11) is 0. The molecule has 1 amide bonds. The molecule has 1 aromatic rings. The summed E-state index contributed by atoms with van der Waals surface area (Å²) in [5.74, 6) is 0.237. The van der Waals surface area contributed by atoms with Crippen LogP contribution in [0.5, 0.6) is 0 Å². The Hall–Kier alpha value is -1.40. The van der Waals surface area contributed by atoms with Crippen LogP contribution in [0.15, 0.2) is 6.07 Å². The van der Waals surface area contributed by atoms with Gasteiger partial charge >= 0.3 is 0 Å². The zero-order chi connectivity index (χ0) is 14.8. The van der Waals surface area contributed by atoms with Crippen LogP contribution >= 0.6 is 0 Å². The average Bonchev–Trinajstić information content (AvgIpc) is 3.06. The lowest BCUT2D eigenvalue weighted by Crippen LogP contribution is -2.44. The Morgan fingerprint density at radius 1 is 1.33 bits per heavy atom. The number of nitrogens with zero attached hydrogens (tertiary/aromatic N) is 4. The Morgan fingerprint density at radius 2 is 2.10 bits per heavy atom. The van der Waals surface area contributed by atoms with Crippen molar-refractivity contribution in [2.24, 2.45) is 0 Å². The molecule has 0 bridgehead atoms. The van der Waals surface area contributed by atoms with Crippen LogP contribution in [-0.2, 0) is 9.53 Å². The molecule has 6 nitrogen and oxygen atoms in total. The molecule has 0 N–H and O–H groups in total. The molecule has 0 spiro atoms. The SMILES string of the molecule is Cc1cc(C)n([C@H]2CCN(C(=O)CN3CCOCC3)C2)n1. The summed E-state index contributed by atoms with van der Waals surface area (Å²) in [5.41, 5.74) is 2.23. The Bertz CT molecular complexity index is 508. The van der Waals surface area contributed by atoms with E-state index >= 15 is 0 Å². The van der Waals surface area contributed by atoms with E-state index in [1.165, 1.54) is 5.69 Å². The van der Waals surface area contributed by atoms with E-state index in [9.17, 15) is 4.79 Å². The molecular formula is C15H24N4O2. The number of hydrogen-bond acceptors (Lipinski definition) is 4. The quantitative estimate of drug-likeness (QED) is 0.819. The number of ether oxygens (including phenoxy) is 1. The molecule has 21 heavy (non-hydrogen) atoms. The predicted octanol–water partition coefficient (Wildman–Crippen LogP) is 0.606. The second-order valence-corrected chi connectivity index (χ2v) is 6.04. The zero-order valence-corrected chi connectivity index (χ0v) is 12.9. The van der Waals surface area contributed by atoms with E-state index in [2.05, 4.69) is 27.7 Å². The summed E-state index contributed by atoms with van der Waals surface area (Å²) >= 11 is 0. The van der Waals surface area contributed by atoms with Gasteiger partial charge in [0.05, 0.1) is 31.5 Å². The second kappa shape index (κ2) is 6.15. The normalized spacial score (nSPS) is 23.7. The maximum Gasteiger partial charge on any atom is 0.236 e. The Labute approximate surface area is 125 Å². The van der Waals surface area contributed by atoms with Gasteiger partial charge in [-0.25, -0.2) is 0 Å². The van der Waals surface area contributed by atoms with Gasteiger partial charge in [0.15, 0.2) is 0 Å². The van der Waals surface area contributed by atoms with Gasteiger partial charge in [-0.05, 0) is 26.3 Å². The molecule has 2 aliphatic heterocycles. The van der Waals surface area contributed by atoms with Gasteiger partial charge in [0.2, 0.25) is 5.91 Å². The highest BCUT2D eigenvalue weighted by atomic mass is 16.5. The van der Waals surface area contributed by atoms with Crippen molar-refractivity contribution < 1.29 is 9.53 Å². The van der Waals surface area contributed by atoms with E-state index < -0.39 is 0 Å². The van der Waals surface area contributed by atoms with Gasteiger partial charge in [-0.1, -0.05) is 0 Å². The molecule has 2 saturated heterocycles. The van der Waals surface area contributed by atoms with Crippen molar-refractivity contribution in [1.29, 1.82) is 0 Å². The average molecular weight is 292 g/mol. The molecule has 116 valence electrons. The first kappa shape index (κ1) is 14.5.